The van der Waals surface area contributed by atoms with Gasteiger partial charge in [0.2, 0.25) is 0 Å². The number of anilines is 3. The van der Waals surface area contributed by atoms with Gasteiger partial charge in [-0.05, 0) is 189 Å². The maximum atomic E-state index is 2.64. The summed E-state index contributed by atoms with van der Waals surface area (Å²) >= 11 is 0. The summed E-state index contributed by atoms with van der Waals surface area (Å²) in [7, 11) is 0. The summed E-state index contributed by atoms with van der Waals surface area (Å²) in [5, 5.41) is 0. The lowest BCUT2D eigenvalue weighted by atomic mass is 9.27. The van der Waals surface area contributed by atoms with Crippen molar-refractivity contribution in [2.75, 3.05) is 4.90 Å². The highest BCUT2D eigenvalue weighted by Crippen LogP contribution is 2.89. The second-order valence-corrected chi connectivity index (χ2v) is 21.2. The van der Waals surface area contributed by atoms with Gasteiger partial charge in [-0.3, -0.25) is 0 Å². The minimum atomic E-state index is 0.132. The standard InChI is InChI=1S/C58H55N/c1-55(2)27-28-56(3,4)52-34-46(24-26-50(52)55)59(44-20-15-38(16-21-44)41-14-13-37-9-5-6-10-40(37)31-41)45-22-17-39(18-23-45)42-19-25-48-47-11-7-8-12-49(47)58(51(48)32-42)53-30-36-29-43-33-54(58)57(43,53)35-36/h5-26,32,34,36,41,43,53-54H,27-31,33,35H2,1-4H3. The third-order valence-corrected chi connectivity index (χ3v) is 17.8. The summed E-state index contributed by atoms with van der Waals surface area (Å²) in [4.78, 5) is 2.50. The van der Waals surface area contributed by atoms with Crippen LogP contribution in [-0.4, -0.2) is 0 Å². The highest BCUT2D eigenvalue weighted by atomic mass is 15.1. The Balaban J connectivity index is 0.883. The summed E-state index contributed by atoms with van der Waals surface area (Å²) in [6.07, 6.45) is 14.1. The molecule has 0 amide bonds. The van der Waals surface area contributed by atoms with E-state index in [0.29, 0.717) is 11.3 Å². The summed E-state index contributed by atoms with van der Waals surface area (Å²) in [5.74, 6) is 4.01. The first-order chi connectivity index (χ1) is 28.6. The van der Waals surface area contributed by atoms with E-state index in [1.165, 1.54) is 106 Å². The first-order valence-electron chi connectivity index (χ1n) is 22.8. The monoisotopic (exact) mass is 765 g/mol. The van der Waals surface area contributed by atoms with Crippen molar-refractivity contribution in [3.63, 3.8) is 0 Å². The smallest absolute Gasteiger partial charge is 0.0464 e. The molecule has 4 fully saturated rings. The van der Waals surface area contributed by atoms with E-state index in [-0.39, 0.29) is 16.2 Å². The fraction of sp³-hybridized carbons (Fsp3) is 0.345. The molecule has 0 aromatic heterocycles. The van der Waals surface area contributed by atoms with Crippen LogP contribution < -0.4 is 4.90 Å². The number of hydrogen-bond acceptors (Lipinski definition) is 1. The van der Waals surface area contributed by atoms with E-state index in [2.05, 4.69) is 178 Å². The van der Waals surface area contributed by atoms with Gasteiger partial charge in [0.25, 0.3) is 0 Å². The van der Waals surface area contributed by atoms with Crippen LogP contribution in [0.2, 0.25) is 0 Å². The summed E-state index contributed by atoms with van der Waals surface area (Å²) in [6.45, 7) is 9.74. The molecule has 7 unspecified atom stereocenters. The fourth-order valence-corrected chi connectivity index (χ4v) is 15.0. The Hall–Kier alpha value is -5.14. The topological polar surface area (TPSA) is 3.24 Å². The SMILES string of the molecule is CC1(C)CCC(C)(C)c2cc(N(c3ccc(-c4ccc5c(c4)C4(c6ccccc6-5)C5CC6CC7CC4C75C6)cc3)c3ccc(C4C=Cc5ccccc5C4)cc3)ccc21. The molecule has 292 valence electrons. The van der Waals surface area contributed by atoms with E-state index in [1.54, 1.807) is 11.1 Å². The van der Waals surface area contributed by atoms with Gasteiger partial charge in [-0.2, -0.15) is 0 Å². The van der Waals surface area contributed by atoms with Crippen molar-refractivity contribution in [1.82, 2.24) is 0 Å². The van der Waals surface area contributed by atoms with E-state index in [0.717, 1.165) is 30.1 Å². The van der Waals surface area contributed by atoms with Gasteiger partial charge >= 0.3 is 0 Å². The first kappa shape index (κ1) is 34.7. The Morgan fingerprint density at radius 3 is 2.03 bits per heavy atom. The van der Waals surface area contributed by atoms with Gasteiger partial charge in [0, 0.05) is 28.4 Å². The van der Waals surface area contributed by atoms with Crippen molar-refractivity contribution < 1.29 is 0 Å². The Labute approximate surface area is 351 Å². The molecule has 0 aliphatic heterocycles. The summed E-state index contributed by atoms with van der Waals surface area (Å²) in [5.41, 5.74) is 21.0. The number of fused-ring (bicyclic) bond motifs is 10. The Bertz CT molecular complexity index is 2750. The van der Waals surface area contributed by atoms with Crippen LogP contribution >= 0.6 is 0 Å². The lowest BCUT2D eigenvalue weighted by Gasteiger charge is -2.76. The van der Waals surface area contributed by atoms with Gasteiger partial charge in [-0.25, -0.2) is 0 Å². The molecular weight excluding hydrogens is 711 g/mol. The molecule has 2 bridgehead atoms. The van der Waals surface area contributed by atoms with Crippen LogP contribution in [0.4, 0.5) is 17.1 Å². The predicted octanol–water partition coefficient (Wildman–Crippen LogP) is 14.9. The average molecular weight is 766 g/mol. The van der Waals surface area contributed by atoms with E-state index in [1.807, 2.05) is 0 Å². The zero-order valence-electron chi connectivity index (χ0n) is 35.1. The van der Waals surface area contributed by atoms with Crippen molar-refractivity contribution in [2.45, 2.75) is 94.8 Å². The summed E-state index contributed by atoms with van der Waals surface area (Å²) in [6, 6.07) is 52.2. The first-order valence-corrected chi connectivity index (χ1v) is 22.8. The summed E-state index contributed by atoms with van der Waals surface area (Å²) < 4.78 is 0. The third kappa shape index (κ3) is 4.52. The Morgan fingerprint density at radius 2 is 1.22 bits per heavy atom. The van der Waals surface area contributed by atoms with Crippen LogP contribution in [0.5, 0.6) is 0 Å². The van der Waals surface area contributed by atoms with Crippen molar-refractivity contribution >= 4 is 23.1 Å². The molecule has 0 saturated heterocycles. The molecule has 1 heteroatoms. The minimum absolute atomic E-state index is 0.132. The van der Waals surface area contributed by atoms with Crippen LogP contribution in [-0.2, 0) is 22.7 Å². The van der Waals surface area contributed by atoms with Gasteiger partial charge in [0.1, 0.15) is 0 Å². The third-order valence-electron chi connectivity index (χ3n) is 17.8. The maximum absolute atomic E-state index is 2.64. The van der Waals surface area contributed by atoms with Gasteiger partial charge in [-0.1, -0.05) is 131 Å². The highest BCUT2D eigenvalue weighted by molar-refractivity contribution is 5.87. The van der Waals surface area contributed by atoms with Crippen LogP contribution in [0.3, 0.4) is 0 Å². The normalized spacial score (nSPS) is 30.1. The van der Waals surface area contributed by atoms with Crippen LogP contribution in [0.1, 0.15) is 111 Å². The van der Waals surface area contributed by atoms with E-state index >= 15 is 0 Å². The molecule has 6 aromatic carbocycles. The zero-order valence-corrected chi connectivity index (χ0v) is 35.1. The molecule has 7 aliphatic rings. The number of nitrogens with zero attached hydrogens (tertiary/aromatic N) is 1. The van der Waals surface area contributed by atoms with Crippen LogP contribution in [0.15, 0.2) is 140 Å². The molecule has 4 saturated carbocycles. The molecule has 0 radical (unpaired) electrons. The Kier molecular flexibility index (Phi) is 6.93. The van der Waals surface area contributed by atoms with Crippen molar-refractivity contribution in [2.24, 2.45) is 29.1 Å². The second-order valence-electron chi connectivity index (χ2n) is 21.2. The van der Waals surface area contributed by atoms with Gasteiger partial charge in [-0.15, -0.1) is 0 Å². The number of allylic oxidation sites excluding steroid dienone is 1. The number of hydrogen-bond donors (Lipinski definition) is 0. The molecule has 0 N–H and O–H groups in total. The molecule has 59 heavy (non-hydrogen) atoms. The largest absolute Gasteiger partial charge is 0.310 e. The van der Waals surface area contributed by atoms with E-state index in [4.69, 9.17) is 0 Å². The molecule has 7 aliphatic carbocycles. The van der Waals surface area contributed by atoms with Crippen molar-refractivity contribution in [1.29, 1.82) is 0 Å². The quantitative estimate of drug-likeness (QED) is 0.169. The van der Waals surface area contributed by atoms with E-state index < -0.39 is 0 Å². The van der Waals surface area contributed by atoms with Crippen LogP contribution in [0.25, 0.3) is 28.3 Å². The lowest BCUT2D eigenvalue weighted by molar-refractivity contribution is -0.231. The maximum Gasteiger partial charge on any atom is 0.0464 e. The predicted molar refractivity (Wildman–Crippen MR) is 245 cm³/mol. The molecule has 6 aromatic rings. The van der Waals surface area contributed by atoms with Crippen molar-refractivity contribution in [3.8, 4) is 22.3 Å². The van der Waals surface area contributed by atoms with Crippen molar-refractivity contribution in [3.05, 3.63) is 178 Å². The van der Waals surface area contributed by atoms with Gasteiger partial charge < -0.3 is 4.90 Å². The van der Waals surface area contributed by atoms with Gasteiger partial charge in [0.05, 0.1) is 0 Å². The number of benzene rings is 6. The molecule has 13 rings (SSSR count). The second kappa shape index (κ2) is 11.8. The average Bonchev–Trinajstić information content (AvgIpc) is 3.90. The van der Waals surface area contributed by atoms with Gasteiger partial charge in [0.15, 0.2) is 0 Å². The van der Waals surface area contributed by atoms with Crippen LogP contribution in [0, 0.1) is 29.1 Å². The Morgan fingerprint density at radius 1 is 0.542 bits per heavy atom. The fourth-order valence-electron chi connectivity index (χ4n) is 15.0. The zero-order chi connectivity index (χ0) is 39.5. The molecule has 0 heterocycles. The minimum Gasteiger partial charge on any atom is -0.310 e. The molecule has 7 atom stereocenters. The lowest BCUT2D eigenvalue weighted by Crippen LogP contribution is -2.73. The highest BCUT2D eigenvalue weighted by Gasteiger charge is 2.84. The molecular formula is C58H55N. The molecule has 1 nitrogen and oxygen atoms in total. The molecule has 2 spiro atoms. The number of rotatable bonds is 5. The van der Waals surface area contributed by atoms with E-state index in [9.17, 15) is 0 Å².